The molecule has 0 atom stereocenters. The summed E-state index contributed by atoms with van der Waals surface area (Å²) in [6.45, 7) is 7.75. The van der Waals surface area contributed by atoms with Gasteiger partial charge in [0.2, 0.25) is 5.95 Å². The first-order valence-electron chi connectivity index (χ1n) is 6.47. The van der Waals surface area contributed by atoms with Gasteiger partial charge in [-0.3, -0.25) is 4.79 Å². The molecular weight excluding hydrogens is 228 g/mol. The van der Waals surface area contributed by atoms with Gasteiger partial charge in [-0.15, -0.1) is 0 Å². The van der Waals surface area contributed by atoms with Crippen LogP contribution in [0.3, 0.4) is 0 Å². The second kappa shape index (κ2) is 5.33. The highest BCUT2D eigenvalue weighted by Crippen LogP contribution is 2.16. The van der Waals surface area contributed by atoms with E-state index in [1.165, 1.54) is 12.8 Å². The van der Waals surface area contributed by atoms with Crippen molar-refractivity contribution in [1.29, 1.82) is 0 Å². The van der Waals surface area contributed by atoms with Gasteiger partial charge in [-0.05, 0) is 33.6 Å². The number of rotatable bonds is 3. The van der Waals surface area contributed by atoms with E-state index in [4.69, 9.17) is 0 Å². The molecule has 0 unspecified atom stereocenters. The van der Waals surface area contributed by atoms with E-state index in [9.17, 15) is 4.79 Å². The molecule has 0 spiro atoms. The third-order valence-corrected chi connectivity index (χ3v) is 3.02. The Bertz CT molecular complexity index is 439. The van der Waals surface area contributed by atoms with Gasteiger partial charge in [-0.25, -0.2) is 9.97 Å². The van der Waals surface area contributed by atoms with Crippen molar-refractivity contribution in [3.8, 4) is 0 Å². The monoisotopic (exact) mass is 248 g/mol. The molecule has 5 nitrogen and oxygen atoms in total. The Hall–Kier alpha value is -1.65. The molecule has 0 bridgehead atoms. The van der Waals surface area contributed by atoms with Crippen LogP contribution in [0.2, 0.25) is 0 Å². The maximum absolute atomic E-state index is 11.9. The van der Waals surface area contributed by atoms with Crippen LogP contribution in [0.15, 0.2) is 6.20 Å². The fourth-order valence-electron chi connectivity index (χ4n) is 2.09. The molecule has 2 rings (SSSR count). The van der Waals surface area contributed by atoms with E-state index < -0.39 is 0 Å². The summed E-state index contributed by atoms with van der Waals surface area (Å²) in [5.41, 5.74) is 1.30. The topological polar surface area (TPSA) is 58.1 Å². The van der Waals surface area contributed by atoms with Gasteiger partial charge in [0.25, 0.3) is 5.91 Å². The fraction of sp³-hybridized carbons (Fsp3) is 0.615. The highest BCUT2D eigenvalue weighted by atomic mass is 16.1. The number of carbonyl (C=O) groups is 1. The Balaban J connectivity index is 2.16. The average Bonchev–Trinajstić information content (AvgIpc) is 2.80. The third-order valence-electron chi connectivity index (χ3n) is 3.02. The Kier molecular flexibility index (Phi) is 3.79. The third kappa shape index (κ3) is 2.78. The van der Waals surface area contributed by atoms with E-state index in [0.717, 1.165) is 24.7 Å². The van der Waals surface area contributed by atoms with Crippen LogP contribution >= 0.6 is 0 Å². The first-order chi connectivity index (χ1) is 8.58. The number of hydrogen-bond donors (Lipinski definition) is 1. The molecule has 1 N–H and O–H groups in total. The van der Waals surface area contributed by atoms with Gasteiger partial charge in [0.15, 0.2) is 0 Å². The fourth-order valence-corrected chi connectivity index (χ4v) is 2.09. The van der Waals surface area contributed by atoms with E-state index in [1.54, 1.807) is 6.20 Å². The summed E-state index contributed by atoms with van der Waals surface area (Å²) in [4.78, 5) is 22.8. The van der Waals surface area contributed by atoms with Gasteiger partial charge >= 0.3 is 0 Å². The van der Waals surface area contributed by atoms with Gasteiger partial charge in [-0.1, -0.05) is 0 Å². The maximum Gasteiger partial charge on any atom is 0.254 e. The average molecular weight is 248 g/mol. The number of hydrogen-bond acceptors (Lipinski definition) is 4. The lowest BCUT2D eigenvalue weighted by Crippen LogP contribution is -2.31. The van der Waals surface area contributed by atoms with E-state index in [1.807, 2.05) is 20.8 Å². The zero-order valence-corrected chi connectivity index (χ0v) is 11.2. The summed E-state index contributed by atoms with van der Waals surface area (Å²) in [5.74, 6) is 0.640. The molecule has 0 aromatic carbocycles. The lowest BCUT2D eigenvalue weighted by Gasteiger charge is -2.16. The van der Waals surface area contributed by atoms with E-state index in [2.05, 4.69) is 20.2 Å². The highest BCUT2D eigenvalue weighted by molar-refractivity contribution is 5.95. The first-order valence-corrected chi connectivity index (χ1v) is 6.47. The second-order valence-corrected chi connectivity index (χ2v) is 4.99. The molecule has 2 heterocycles. The standard InChI is InChI=1S/C13H20N4O/c1-9(2)15-12(18)11-8-14-13(16-10(11)3)17-6-4-5-7-17/h8-9H,4-7H2,1-3H3,(H,15,18). The first kappa shape index (κ1) is 12.8. The lowest BCUT2D eigenvalue weighted by molar-refractivity contribution is 0.0941. The Morgan fingerprint density at radius 3 is 2.61 bits per heavy atom. The van der Waals surface area contributed by atoms with Crippen LogP contribution in [-0.4, -0.2) is 35.0 Å². The van der Waals surface area contributed by atoms with E-state index in [0.29, 0.717) is 5.56 Å². The van der Waals surface area contributed by atoms with Crippen molar-refractivity contribution in [1.82, 2.24) is 15.3 Å². The van der Waals surface area contributed by atoms with Gasteiger partial charge < -0.3 is 10.2 Å². The molecule has 1 aromatic rings. The maximum atomic E-state index is 11.9. The molecule has 0 saturated carbocycles. The molecule has 1 aromatic heterocycles. The summed E-state index contributed by atoms with van der Waals surface area (Å²) >= 11 is 0. The summed E-state index contributed by atoms with van der Waals surface area (Å²) in [6, 6.07) is 0.121. The van der Waals surface area contributed by atoms with Gasteiger partial charge in [0.1, 0.15) is 0 Å². The van der Waals surface area contributed by atoms with Crippen molar-refractivity contribution >= 4 is 11.9 Å². The van der Waals surface area contributed by atoms with Crippen LogP contribution in [0.4, 0.5) is 5.95 Å². The van der Waals surface area contributed by atoms with Crippen LogP contribution in [0, 0.1) is 6.92 Å². The lowest BCUT2D eigenvalue weighted by atomic mass is 10.2. The minimum absolute atomic E-state index is 0.101. The van der Waals surface area contributed by atoms with Gasteiger partial charge in [0.05, 0.1) is 11.3 Å². The number of anilines is 1. The summed E-state index contributed by atoms with van der Waals surface area (Å²) < 4.78 is 0. The molecule has 0 aliphatic carbocycles. The van der Waals surface area contributed by atoms with Crippen molar-refractivity contribution in [2.75, 3.05) is 18.0 Å². The predicted octanol–water partition coefficient (Wildman–Crippen LogP) is 1.52. The van der Waals surface area contributed by atoms with Crippen LogP contribution in [-0.2, 0) is 0 Å². The number of nitrogens with one attached hydrogen (secondary N) is 1. The molecule has 18 heavy (non-hydrogen) atoms. The zero-order valence-electron chi connectivity index (χ0n) is 11.2. The quantitative estimate of drug-likeness (QED) is 0.881. The number of carbonyl (C=O) groups excluding carboxylic acids is 1. The molecule has 5 heteroatoms. The molecule has 1 aliphatic rings. The minimum Gasteiger partial charge on any atom is -0.350 e. The minimum atomic E-state index is -0.101. The highest BCUT2D eigenvalue weighted by Gasteiger charge is 2.17. The zero-order chi connectivity index (χ0) is 13.1. The van der Waals surface area contributed by atoms with E-state index in [-0.39, 0.29) is 11.9 Å². The Morgan fingerprint density at radius 2 is 2.06 bits per heavy atom. The number of nitrogens with zero attached hydrogens (tertiary/aromatic N) is 3. The van der Waals surface area contributed by atoms with Crippen molar-refractivity contribution in [2.24, 2.45) is 0 Å². The van der Waals surface area contributed by atoms with Crippen molar-refractivity contribution in [3.63, 3.8) is 0 Å². The largest absolute Gasteiger partial charge is 0.350 e. The van der Waals surface area contributed by atoms with Crippen LogP contribution < -0.4 is 10.2 Å². The molecule has 1 saturated heterocycles. The molecule has 0 radical (unpaired) electrons. The molecular formula is C13H20N4O. The predicted molar refractivity (Wildman–Crippen MR) is 70.8 cm³/mol. The SMILES string of the molecule is Cc1nc(N2CCCC2)ncc1C(=O)NC(C)C. The van der Waals surface area contributed by atoms with Crippen molar-refractivity contribution < 1.29 is 4.79 Å². The number of aromatic nitrogens is 2. The van der Waals surface area contributed by atoms with Gasteiger partial charge in [-0.2, -0.15) is 0 Å². The van der Waals surface area contributed by atoms with Crippen molar-refractivity contribution in [3.05, 3.63) is 17.5 Å². The Morgan fingerprint density at radius 1 is 1.39 bits per heavy atom. The van der Waals surface area contributed by atoms with E-state index >= 15 is 0 Å². The molecule has 98 valence electrons. The smallest absolute Gasteiger partial charge is 0.254 e. The summed E-state index contributed by atoms with van der Waals surface area (Å²) in [5, 5.41) is 2.86. The summed E-state index contributed by atoms with van der Waals surface area (Å²) in [6.07, 6.45) is 4.02. The molecule has 1 aliphatic heterocycles. The van der Waals surface area contributed by atoms with Gasteiger partial charge in [0, 0.05) is 25.3 Å². The summed E-state index contributed by atoms with van der Waals surface area (Å²) in [7, 11) is 0. The number of amides is 1. The normalized spacial score (nSPS) is 15.2. The number of aryl methyl sites for hydroxylation is 1. The Labute approximate surface area is 108 Å². The van der Waals surface area contributed by atoms with Crippen molar-refractivity contribution in [2.45, 2.75) is 39.7 Å². The van der Waals surface area contributed by atoms with Crippen LogP contribution in [0.5, 0.6) is 0 Å². The van der Waals surface area contributed by atoms with Crippen LogP contribution in [0.1, 0.15) is 42.7 Å². The molecule has 1 fully saturated rings. The molecule has 1 amide bonds. The second-order valence-electron chi connectivity index (χ2n) is 4.99. The van der Waals surface area contributed by atoms with Crippen LogP contribution in [0.25, 0.3) is 0 Å².